The molecule has 0 fully saturated rings. The van der Waals surface area contributed by atoms with Gasteiger partial charge in [0.25, 0.3) is 0 Å². The molecular formula is C22H21N5OS2. The van der Waals surface area contributed by atoms with Gasteiger partial charge in [-0.25, -0.2) is 4.98 Å². The fourth-order valence-corrected chi connectivity index (χ4v) is 4.57. The van der Waals surface area contributed by atoms with Crippen LogP contribution < -0.4 is 5.32 Å². The number of rotatable bonds is 7. The first-order chi connectivity index (χ1) is 14.6. The van der Waals surface area contributed by atoms with Crippen LogP contribution in [0.3, 0.4) is 0 Å². The van der Waals surface area contributed by atoms with Gasteiger partial charge >= 0.3 is 0 Å². The molecule has 30 heavy (non-hydrogen) atoms. The SMILES string of the molecule is CCn1c(SCC(=O)Nc2nc(-c3ccccc3)cs2)nnc1-c1cccc(C)c1. The van der Waals surface area contributed by atoms with Crippen molar-refractivity contribution in [2.24, 2.45) is 0 Å². The Hall–Kier alpha value is -2.97. The molecule has 0 unspecified atom stereocenters. The van der Waals surface area contributed by atoms with Crippen LogP contribution >= 0.6 is 23.1 Å². The van der Waals surface area contributed by atoms with Gasteiger partial charge in [0, 0.05) is 23.1 Å². The molecular weight excluding hydrogens is 414 g/mol. The third-order valence-corrected chi connectivity index (χ3v) is 6.19. The largest absolute Gasteiger partial charge is 0.302 e. The average molecular weight is 436 g/mol. The van der Waals surface area contributed by atoms with Gasteiger partial charge in [-0.05, 0) is 19.9 Å². The normalized spacial score (nSPS) is 10.9. The summed E-state index contributed by atoms with van der Waals surface area (Å²) < 4.78 is 2.03. The fraction of sp³-hybridized carbons (Fsp3) is 0.182. The molecule has 2 heterocycles. The first kappa shape index (κ1) is 20.3. The minimum Gasteiger partial charge on any atom is -0.302 e. The average Bonchev–Trinajstić information content (AvgIpc) is 3.39. The van der Waals surface area contributed by atoms with Crippen LogP contribution in [-0.2, 0) is 11.3 Å². The van der Waals surface area contributed by atoms with E-state index in [4.69, 9.17) is 0 Å². The summed E-state index contributed by atoms with van der Waals surface area (Å²) in [6.07, 6.45) is 0. The lowest BCUT2D eigenvalue weighted by molar-refractivity contribution is -0.113. The number of nitrogens with one attached hydrogen (secondary N) is 1. The van der Waals surface area contributed by atoms with Crippen LogP contribution in [-0.4, -0.2) is 31.4 Å². The molecule has 2 aromatic heterocycles. The molecule has 4 rings (SSSR count). The zero-order chi connectivity index (χ0) is 20.9. The molecule has 0 bridgehead atoms. The van der Waals surface area contributed by atoms with E-state index in [1.165, 1.54) is 28.7 Å². The zero-order valence-electron chi connectivity index (χ0n) is 16.7. The van der Waals surface area contributed by atoms with E-state index < -0.39 is 0 Å². The van der Waals surface area contributed by atoms with E-state index in [2.05, 4.69) is 39.6 Å². The Bertz CT molecular complexity index is 1150. The van der Waals surface area contributed by atoms with Gasteiger partial charge in [-0.3, -0.25) is 4.79 Å². The van der Waals surface area contributed by atoms with E-state index in [1.807, 2.05) is 59.3 Å². The Morgan fingerprint density at radius 3 is 2.67 bits per heavy atom. The summed E-state index contributed by atoms with van der Waals surface area (Å²) in [6.45, 7) is 4.83. The molecule has 0 radical (unpaired) electrons. The maximum absolute atomic E-state index is 12.4. The van der Waals surface area contributed by atoms with Gasteiger partial charge in [0.2, 0.25) is 5.91 Å². The standard InChI is InChI=1S/C22H21N5OS2/c1-3-27-20(17-11-7-8-15(2)12-17)25-26-22(27)30-14-19(28)24-21-23-18(13-29-21)16-9-5-4-6-10-16/h4-13H,3,14H2,1-2H3,(H,23,24,28). The maximum Gasteiger partial charge on any atom is 0.236 e. The second-order valence-electron chi connectivity index (χ2n) is 6.66. The monoisotopic (exact) mass is 435 g/mol. The summed E-state index contributed by atoms with van der Waals surface area (Å²) in [5.74, 6) is 0.944. The number of nitrogens with zero attached hydrogens (tertiary/aromatic N) is 4. The third-order valence-electron chi connectivity index (χ3n) is 4.46. The molecule has 1 amide bonds. The van der Waals surface area contributed by atoms with Crippen molar-refractivity contribution in [3.8, 4) is 22.6 Å². The minimum atomic E-state index is -0.114. The summed E-state index contributed by atoms with van der Waals surface area (Å²) in [4.78, 5) is 16.9. The quantitative estimate of drug-likeness (QED) is 0.408. The molecule has 0 spiro atoms. The van der Waals surface area contributed by atoms with Crippen LogP contribution in [0.4, 0.5) is 5.13 Å². The molecule has 1 N–H and O–H groups in total. The van der Waals surface area contributed by atoms with Gasteiger partial charge in [0.1, 0.15) is 0 Å². The third kappa shape index (κ3) is 4.60. The van der Waals surface area contributed by atoms with Crippen LogP contribution in [0.25, 0.3) is 22.6 Å². The van der Waals surface area contributed by atoms with Crippen molar-refractivity contribution in [3.05, 3.63) is 65.5 Å². The first-order valence-corrected chi connectivity index (χ1v) is 11.4. The summed E-state index contributed by atoms with van der Waals surface area (Å²) in [5, 5.41) is 14.8. The van der Waals surface area contributed by atoms with Crippen molar-refractivity contribution < 1.29 is 4.79 Å². The van der Waals surface area contributed by atoms with E-state index in [0.717, 1.165) is 34.3 Å². The molecule has 0 atom stereocenters. The number of thiazole rings is 1. The van der Waals surface area contributed by atoms with Crippen molar-refractivity contribution in [3.63, 3.8) is 0 Å². The molecule has 0 aliphatic heterocycles. The van der Waals surface area contributed by atoms with Gasteiger partial charge in [-0.15, -0.1) is 21.5 Å². The number of benzene rings is 2. The predicted octanol–water partition coefficient (Wildman–Crippen LogP) is 5.13. The molecule has 0 aliphatic rings. The van der Waals surface area contributed by atoms with E-state index in [0.29, 0.717) is 5.13 Å². The van der Waals surface area contributed by atoms with Gasteiger partial charge in [-0.1, -0.05) is 65.9 Å². The molecule has 0 saturated carbocycles. The number of carbonyl (C=O) groups excluding carboxylic acids is 1. The van der Waals surface area contributed by atoms with E-state index >= 15 is 0 Å². The molecule has 4 aromatic rings. The molecule has 6 nitrogen and oxygen atoms in total. The maximum atomic E-state index is 12.4. The highest BCUT2D eigenvalue weighted by Crippen LogP contribution is 2.26. The summed E-state index contributed by atoms with van der Waals surface area (Å²) >= 11 is 2.80. The minimum absolute atomic E-state index is 0.114. The number of carbonyl (C=O) groups is 1. The van der Waals surface area contributed by atoms with Gasteiger partial charge in [0.15, 0.2) is 16.1 Å². The number of thioether (sulfide) groups is 1. The highest BCUT2D eigenvalue weighted by atomic mass is 32.2. The molecule has 0 aliphatic carbocycles. The predicted molar refractivity (Wildman–Crippen MR) is 123 cm³/mol. The zero-order valence-corrected chi connectivity index (χ0v) is 18.3. The van der Waals surface area contributed by atoms with Crippen LogP contribution in [0.2, 0.25) is 0 Å². The number of aryl methyl sites for hydroxylation is 1. The van der Waals surface area contributed by atoms with Crippen molar-refractivity contribution in [2.45, 2.75) is 25.5 Å². The van der Waals surface area contributed by atoms with Gasteiger partial charge in [0.05, 0.1) is 11.4 Å². The van der Waals surface area contributed by atoms with Gasteiger partial charge < -0.3 is 9.88 Å². The summed E-state index contributed by atoms with van der Waals surface area (Å²) in [5.41, 5.74) is 4.09. The smallest absolute Gasteiger partial charge is 0.236 e. The fourth-order valence-electron chi connectivity index (χ4n) is 3.04. The molecule has 0 saturated heterocycles. The summed E-state index contributed by atoms with van der Waals surface area (Å²) in [6, 6.07) is 18.1. The highest BCUT2D eigenvalue weighted by molar-refractivity contribution is 7.99. The number of hydrogen-bond acceptors (Lipinski definition) is 6. The molecule has 8 heteroatoms. The Kier molecular flexibility index (Phi) is 6.25. The van der Waals surface area contributed by atoms with Crippen molar-refractivity contribution in [2.75, 3.05) is 11.1 Å². The lowest BCUT2D eigenvalue weighted by atomic mass is 10.1. The number of hydrogen-bond donors (Lipinski definition) is 1. The van der Waals surface area contributed by atoms with Crippen molar-refractivity contribution in [1.82, 2.24) is 19.7 Å². The van der Waals surface area contributed by atoms with Crippen molar-refractivity contribution >= 4 is 34.1 Å². The van der Waals surface area contributed by atoms with Crippen LogP contribution in [0.1, 0.15) is 12.5 Å². The second kappa shape index (κ2) is 9.23. The van der Waals surface area contributed by atoms with E-state index in [-0.39, 0.29) is 11.7 Å². The Morgan fingerprint density at radius 2 is 1.90 bits per heavy atom. The van der Waals surface area contributed by atoms with Crippen molar-refractivity contribution in [1.29, 1.82) is 0 Å². The Labute approximate surface area is 183 Å². The number of anilines is 1. The highest BCUT2D eigenvalue weighted by Gasteiger charge is 2.15. The van der Waals surface area contributed by atoms with E-state index in [1.54, 1.807) is 0 Å². The van der Waals surface area contributed by atoms with Gasteiger partial charge in [-0.2, -0.15) is 0 Å². The summed E-state index contributed by atoms with van der Waals surface area (Å²) in [7, 11) is 0. The first-order valence-electron chi connectivity index (χ1n) is 9.58. The molecule has 2 aromatic carbocycles. The second-order valence-corrected chi connectivity index (χ2v) is 8.46. The van der Waals surface area contributed by atoms with Crippen LogP contribution in [0.15, 0.2) is 65.1 Å². The topological polar surface area (TPSA) is 72.7 Å². The lowest BCUT2D eigenvalue weighted by Crippen LogP contribution is -2.14. The lowest BCUT2D eigenvalue weighted by Gasteiger charge is -2.07. The molecule has 152 valence electrons. The Balaban J connectivity index is 1.40. The van der Waals surface area contributed by atoms with E-state index in [9.17, 15) is 4.79 Å². The Morgan fingerprint density at radius 1 is 1.10 bits per heavy atom. The van der Waals surface area contributed by atoms with Crippen LogP contribution in [0, 0.1) is 6.92 Å². The number of amides is 1. The van der Waals surface area contributed by atoms with Crippen LogP contribution in [0.5, 0.6) is 0 Å². The number of aromatic nitrogens is 4.